The van der Waals surface area contributed by atoms with Crippen LogP contribution in [0.5, 0.6) is 0 Å². The quantitative estimate of drug-likeness (QED) is 0.807. The molecule has 2 heterocycles. The van der Waals surface area contributed by atoms with Crippen LogP contribution in [0.2, 0.25) is 5.02 Å². The first-order chi connectivity index (χ1) is 11.7. The van der Waals surface area contributed by atoms with Crippen LogP contribution in [0.4, 0.5) is 0 Å². The first kappa shape index (κ1) is 17.4. The van der Waals surface area contributed by atoms with Gasteiger partial charge in [0.1, 0.15) is 0 Å². The van der Waals surface area contributed by atoms with E-state index in [1.807, 2.05) is 36.7 Å². The monoisotopic (exact) mass is 349 g/mol. The van der Waals surface area contributed by atoms with E-state index in [0.29, 0.717) is 30.7 Å². The first-order valence-corrected chi connectivity index (χ1v) is 8.80. The summed E-state index contributed by atoms with van der Waals surface area (Å²) in [5, 5.41) is 17.8. The topological polar surface area (TPSA) is 61.4 Å². The summed E-state index contributed by atoms with van der Waals surface area (Å²) < 4.78 is 5.61. The number of aromatic nitrogens is 2. The molecule has 0 spiro atoms. The molecule has 0 radical (unpaired) electrons. The summed E-state index contributed by atoms with van der Waals surface area (Å²) in [4.78, 5) is 2.31. The van der Waals surface area contributed by atoms with Crippen LogP contribution in [0.1, 0.15) is 29.9 Å². The standard InChI is InChI=1S/C18H24ClN3O2/c19-18-4-2-1-3-15(18)12-24-13-17(23)11-22-7-5-14(6-8-22)16-9-20-21-10-16/h1-4,9-10,14,17,23H,5-8,11-13H2,(H,20,21)/t17-/m0/s1. The van der Waals surface area contributed by atoms with Gasteiger partial charge in [0.25, 0.3) is 0 Å². The molecular weight excluding hydrogens is 326 g/mol. The van der Waals surface area contributed by atoms with Crippen LogP contribution in [0.25, 0.3) is 0 Å². The number of aliphatic hydroxyl groups excluding tert-OH is 1. The Hall–Kier alpha value is -1.40. The number of aromatic amines is 1. The molecule has 0 bridgehead atoms. The Kier molecular flexibility index (Phi) is 6.26. The maximum absolute atomic E-state index is 10.2. The van der Waals surface area contributed by atoms with E-state index in [1.165, 1.54) is 5.56 Å². The number of likely N-dealkylation sites (tertiary alicyclic amines) is 1. The van der Waals surface area contributed by atoms with Crippen molar-refractivity contribution < 1.29 is 9.84 Å². The van der Waals surface area contributed by atoms with Crippen molar-refractivity contribution in [2.45, 2.75) is 31.5 Å². The van der Waals surface area contributed by atoms with Gasteiger partial charge >= 0.3 is 0 Å². The van der Waals surface area contributed by atoms with Crippen LogP contribution < -0.4 is 0 Å². The summed E-state index contributed by atoms with van der Waals surface area (Å²) in [7, 11) is 0. The Morgan fingerprint density at radius 3 is 2.83 bits per heavy atom. The van der Waals surface area contributed by atoms with E-state index in [4.69, 9.17) is 16.3 Å². The zero-order chi connectivity index (χ0) is 16.8. The minimum absolute atomic E-state index is 0.326. The third kappa shape index (κ3) is 4.80. The number of aliphatic hydroxyl groups is 1. The molecule has 2 N–H and O–H groups in total. The molecular formula is C18H24ClN3O2. The highest BCUT2D eigenvalue weighted by atomic mass is 35.5. The van der Waals surface area contributed by atoms with Crippen molar-refractivity contribution in [3.05, 3.63) is 52.8 Å². The van der Waals surface area contributed by atoms with Gasteiger partial charge in [-0.05, 0) is 49.0 Å². The molecule has 1 fully saturated rings. The molecule has 0 saturated carbocycles. The van der Waals surface area contributed by atoms with E-state index < -0.39 is 6.10 Å². The predicted molar refractivity (Wildman–Crippen MR) is 94.1 cm³/mol. The molecule has 1 atom stereocenters. The number of nitrogens with zero attached hydrogens (tertiary/aromatic N) is 2. The molecule has 1 saturated heterocycles. The lowest BCUT2D eigenvalue weighted by molar-refractivity contribution is 0.00623. The van der Waals surface area contributed by atoms with Crippen LogP contribution in [-0.4, -0.2) is 52.5 Å². The second-order valence-corrected chi connectivity index (χ2v) is 6.77. The Morgan fingerprint density at radius 1 is 1.33 bits per heavy atom. The molecule has 2 aromatic rings. The van der Waals surface area contributed by atoms with Gasteiger partial charge in [-0.1, -0.05) is 29.8 Å². The summed E-state index contributed by atoms with van der Waals surface area (Å²) in [6.45, 7) is 3.40. The predicted octanol–water partition coefficient (Wildman–Crippen LogP) is 2.82. The van der Waals surface area contributed by atoms with Crippen LogP contribution in [-0.2, 0) is 11.3 Å². The number of nitrogens with one attached hydrogen (secondary N) is 1. The SMILES string of the molecule is O[C@H](COCc1ccccc1Cl)CN1CCC(c2cn[nH]c2)CC1. The maximum Gasteiger partial charge on any atom is 0.0900 e. The van der Waals surface area contributed by atoms with Crippen molar-refractivity contribution in [3.63, 3.8) is 0 Å². The minimum atomic E-state index is -0.474. The van der Waals surface area contributed by atoms with E-state index in [0.717, 1.165) is 31.5 Å². The van der Waals surface area contributed by atoms with E-state index in [-0.39, 0.29) is 0 Å². The van der Waals surface area contributed by atoms with E-state index in [2.05, 4.69) is 15.1 Å². The number of ether oxygens (including phenoxy) is 1. The smallest absolute Gasteiger partial charge is 0.0900 e. The number of H-pyrrole nitrogens is 1. The average molecular weight is 350 g/mol. The number of hydrogen-bond acceptors (Lipinski definition) is 4. The Bertz CT molecular complexity index is 612. The van der Waals surface area contributed by atoms with Gasteiger partial charge in [-0.2, -0.15) is 5.10 Å². The highest BCUT2D eigenvalue weighted by Gasteiger charge is 2.22. The maximum atomic E-state index is 10.2. The number of hydrogen-bond donors (Lipinski definition) is 2. The summed E-state index contributed by atoms with van der Waals surface area (Å²) in [5.74, 6) is 0.577. The highest BCUT2D eigenvalue weighted by Crippen LogP contribution is 2.27. The summed E-state index contributed by atoms with van der Waals surface area (Å²) in [6.07, 6.45) is 5.63. The largest absolute Gasteiger partial charge is 0.389 e. The van der Waals surface area contributed by atoms with Gasteiger partial charge in [0, 0.05) is 17.8 Å². The lowest BCUT2D eigenvalue weighted by atomic mass is 9.91. The fraction of sp³-hybridized carbons (Fsp3) is 0.500. The molecule has 5 nitrogen and oxygen atoms in total. The zero-order valence-corrected chi connectivity index (χ0v) is 14.5. The minimum Gasteiger partial charge on any atom is -0.389 e. The van der Waals surface area contributed by atoms with Crippen molar-refractivity contribution >= 4 is 11.6 Å². The number of piperidine rings is 1. The molecule has 130 valence electrons. The van der Waals surface area contributed by atoms with E-state index in [9.17, 15) is 5.11 Å². The third-order valence-electron chi connectivity index (χ3n) is 4.57. The van der Waals surface area contributed by atoms with Crippen LogP contribution in [0, 0.1) is 0 Å². The van der Waals surface area contributed by atoms with Gasteiger partial charge in [0.15, 0.2) is 0 Å². The highest BCUT2D eigenvalue weighted by molar-refractivity contribution is 6.31. The summed E-state index contributed by atoms with van der Waals surface area (Å²) >= 11 is 6.09. The average Bonchev–Trinajstić information content (AvgIpc) is 3.12. The van der Waals surface area contributed by atoms with Crippen molar-refractivity contribution in [2.24, 2.45) is 0 Å². The van der Waals surface area contributed by atoms with Crippen LogP contribution in [0.15, 0.2) is 36.7 Å². The summed E-state index contributed by atoms with van der Waals surface area (Å²) in [6, 6.07) is 7.62. The normalized spacial score (nSPS) is 17.9. The summed E-state index contributed by atoms with van der Waals surface area (Å²) in [5.41, 5.74) is 2.24. The van der Waals surface area contributed by atoms with Crippen molar-refractivity contribution in [1.29, 1.82) is 0 Å². The van der Waals surface area contributed by atoms with Gasteiger partial charge in [-0.3, -0.25) is 5.10 Å². The Morgan fingerprint density at radius 2 is 2.12 bits per heavy atom. The molecule has 1 aliphatic heterocycles. The van der Waals surface area contributed by atoms with Crippen LogP contribution >= 0.6 is 11.6 Å². The molecule has 6 heteroatoms. The Balaban J connectivity index is 1.35. The number of benzene rings is 1. The van der Waals surface area contributed by atoms with E-state index >= 15 is 0 Å². The van der Waals surface area contributed by atoms with Gasteiger partial charge in [-0.15, -0.1) is 0 Å². The fourth-order valence-electron chi connectivity index (χ4n) is 3.20. The lowest BCUT2D eigenvalue weighted by Gasteiger charge is -2.32. The molecule has 1 aromatic carbocycles. The van der Waals surface area contributed by atoms with Crippen molar-refractivity contribution in [1.82, 2.24) is 15.1 Å². The molecule has 0 amide bonds. The van der Waals surface area contributed by atoms with E-state index in [1.54, 1.807) is 0 Å². The zero-order valence-electron chi connectivity index (χ0n) is 13.7. The molecule has 0 unspecified atom stereocenters. The fourth-order valence-corrected chi connectivity index (χ4v) is 3.39. The van der Waals surface area contributed by atoms with Gasteiger partial charge < -0.3 is 14.7 Å². The second kappa shape index (κ2) is 8.62. The number of β-amino-alcohol motifs (C(OH)–C–C–N with tert-alkyl or cyclic N) is 1. The molecule has 1 aliphatic rings. The lowest BCUT2D eigenvalue weighted by Crippen LogP contribution is -2.39. The van der Waals surface area contributed by atoms with Crippen molar-refractivity contribution in [3.8, 4) is 0 Å². The van der Waals surface area contributed by atoms with Gasteiger partial charge in [-0.25, -0.2) is 0 Å². The van der Waals surface area contributed by atoms with Gasteiger partial charge in [0.2, 0.25) is 0 Å². The third-order valence-corrected chi connectivity index (χ3v) is 4.94. The number of rotatable bonds is 7. The molecule has 0 aliphatic carbocycles. The van der Waals surface area contributed by atoms with Crippen LogP contribution in [0.3, 0.4) is 0 Å². The van der Waals surface area contributed by atoms with Gasteiger partial charge in [0.05, 0.1) is 25.5 Å². The van der Waals surface area contributed by atoms with Crippen molar-refractivity contribution in [2.75, 3.05) is 26.2 Å². The molecule has 1 aromatic heterocycles. The molecule has 3 rings (SSSR count). The first-order valence-electron chi connectivity index (χ1n) is 8.42. The second-order valence-electron chi connectivity index (χ2n) is 6.37. The number of halogens is 1. The molecule has 24 heavy (non-hydrogen) atoms. The Labute approximate surface area is 147 Å².